The van der Waals surface area contributed by atoms with Gasteiger partial charge in [0.25, 0.3) is 5.91 Å². The average molecular weight is 396 g/mol. The molecule has 0 unspecified atom stereocenters. The minimum absolute atomic E-state index is 0.114. The molecule has 7 heteroatoms. The van der Waals surface area contributed by atoms with Crippen LogP contribution in [-0.4, -0.2) is 42.6 Å². The fraction of sp³-hybridized carbons (Fsp3) is 0.364. The highest BCUT2D eigenvalue weighted by atomic mass is 19.1. The van der Waals surface area contributed by atoms with Crippen molar-refractivity contribution in [2.24, 2.45) is 0 Å². The van der Waals surface area contributed by atoms with E-state index in [1.165, 1.54) is 23.8 Å². The maximum atomic E-state index is 13.7. The average Bonchev–Trinajstić information content (AvgIpc) is 2.72. The normalized spacial score (nSPS) is 17.7. The molecular formula is C22H25FN4O2. The van der Waals surface area contributed by atoms with Gasteiger partial charge in [-0.15, -0.1) is 0 Å². The number of hydrogen-bond acceptors (Lipinski definition) is 3. The van der Waals surface area contributed by atoms with Gasteiger partial charge in [-0.05, 0) is 30.7 Å². The fourth-order valence-corrected chi connectivity index (χ4v) is 4.10. The van der Waals surface area contributed by atoms with E-state index in [-0.39, 0.29) is 17.8 Å². The number of amides is 3. The molecular weight excluding hydrogens is 371 g/mol. The molecule has 152 valence electrons. The van der Waals surface area contributed by atoms with Gasteiger partial charge in [-0.25, -0.2) is 9.18 Å². The summed E-state index contributed by atoms with van der Waals surface area (Å²) < 4.78 is 13.7. The van der Waals surface area contributed by atoms with Crippen LogP contribution in [0, 0.1) is 12.7 Å². The molecule has 6 nitrogen and oxygen atoms in total. The van der Waals surface area contributed by atoms with Gasteiger partial charge in [0.1, 0.15) is 11.5 Å². The molecule has 0 aromatic heterocycles. The van der Waals surface area contributed by atoms with Crippen LogP contribution in [-0.2, 0) is 6.54 Å². The van der Waals surface area contributed by atoms with Gasteiger partial charge in [-0.3, -0.25) is 4.79 Å². The first-order valence-electron chi connectivity index (χ1n) is 9.82. The molecule has 2 aromatic carbocycles. The van der Waals surface area contributed by atoms with Crippen LogP contribution in [0.25, 0.3) is 0 Å². The van der Waals surface area contributed by atoms with Gasteiger partial charge in [-0.1, -0.05) is 29.8 Å². The maximum Gasteiger partial charge on any atom is 0.317 e. The van der Waals surface area contributed by atoms with Crippen molar-refractivity contribution in [2.75, 3.05) is 25.0 Å². The van der Waals surface area contributed by atoms with E-state index in [4.69, 9.17) is 0 Å². The van der Waals surface area contributed by atoms with Crippen LogP contribution in [0.1, 0.15) is 34.3 Å². The number of carbonyl (C=O) groups excluding carboxylic acids is 2. The number of hydrogen-bond donors (Lipinski definition) is 2. The Kier molecular flexibility index (Phi) is 4.90. The summed E-state index contributed by atoms with van der Waals surface area (Å²) in [7, 11) is 1.87. The predicted molar refractivity (Wildman–Crippen MR) is 109 cm³/mol. The van der Waals surface area contributed by atoms with Gasteiger partial charge >= 0.3 is 6.03 Å². The summed E-state index contributed by atoms with van der Waals surface area (Å²) in [6, 6.07) is 12.1. The van der Waals surface area contributed by atoms with E-state index in [1.807, 2.05) is 43.1 Å². The third-order valence-corrected chi connectivity index (χ3v) is 6.00. The Hall–Kier alpha value is -3.09. The highest BCUT2D eigenvalue weighted by Crippen LogP contribution is 2.36. The van der Waals surface area contributed by atoms with Crippen molar-refractivity contribution in [1.82, 2.24) is 15.5 Å². The van der Waals surface area contributed by atoms with Crippen LogP contribution < -0.4 is 15.5 Å². The number of aryl methyl sites for hydroxylation is 1. The van der Waals surface area contributed by atoms with Crippen LogP contribution in [0.15, 0.2) is 42.5 Å². The van der Waals surface area contributed by atoms with Gasteiger partial charge in [0.05, 0.1) is 11.3 Å². The first kappa shape index (κ1) is 19.2. The first-order chi connectivity index (χ1) is 13.9. The zero-order chi connectivity index (χ0) is 20.6. The number of nitrogens with one attached hydrogen (secondary N) is 2. The smallest absolute Gasteiger partial charge is 0.317 e. The van der Waals surface area contributed by atoms with Crippen molar-refractivity contribution >= 4 is 17.6 Å². The molecule has 1 spiro atoms. The monoisotopic (exact) mass is 396 g/mol. The van der Waals surface area contributed by atoms with Crippen LogP contribution in [0.4, 0.5) is 14.9 Å². The van der Waals surface area contributed by atoms with E-state index in [9.17, 15) is 14.0 Å². The first-order valence-corrected chi connectivity index (χ1v) is 9.82. The Morgan fingerprint density at radius 3 is 2.55 bits per heavy atom. The highest BCUT2D eigenvalue weighted by molar-refractivity contribution is 6.02. The summed E-state index contributed by atoms with van der Waals surface area (Å²) in [5.74, 6) is -0.566. The van der Waals surface area contributed by atoms with Gasteiger partial charge in [0.2, 0.25) is 0 Å². The molecule has 1 fully saturated rings. The molecule has 2 aliphatic heterocycles. The number of fused-ring (bicyclic) bond motifs is 1. The molecule has 2 N–H and O–H groups in total. The van der Waals surface area contributed by atoms with Crippen molar-refractivity contribution in [3.63, 3.8) is 0 Å². The number of likely N-dealkylation sites (tertiary alicyclic amines) is 1. The second-order valence-electron chi connectivity index (χ2n) is 7.84. The SMILES string of the molecule is Cc1ccc(CNC(=O)N2CCC3(CC2)NC(=O)c2ccc(F)cc2N3C)cc1. The quantitative estimate of drug-likeness (QED) is 0.820. The lowest BCUT2D eigenvalue weighted by atomic mass is 9.90. The molecule has 2 aliphatic rings. The van der Waals surface area contributed by atoms with E-state index >= 15 is 0 Å². The van der Waals surface area contributed by atoms with Gasteiger partial charge in [0.15, 0.2) is 0 Å². The fourth-order valence-electron chi connectivity index (χ4n) is 4.10. The molecule has 0 radical (unpaired) electrons. The van der Waals surface area contributed by atoms with Crippen molar-refractivity contribution in [3.8, 4) is 0 Å². The van der Waals surface area contributed by atoms with Crippen LogP contribution >= 0.6 is 0 Å². The lowest BCUT2D eigenvalue weighted by Crippen LogP contribution is -2.67. The number of benzene rings is 2. The van der Waals surface area contributed by atoms with E-state index in [0.29, 0.717) is 43.7 Å². The number of rotatable bonds is 2. The van der Waals surface area contributed by atoms with Crippen molar-refractivity contribution < 1.29 is 14.0 Å². The molecule has 4 rings (SSSR count). The standard InChI is InChI=1S/C22H25FN4O2/c1-15-3-5-16(6-4-15)14-24-21(29)27-11-9-22(10-12-27)25-20(28)18-8-7-17(23)13-19(18)26(22)2/h3-8,13H,9-12,14H2,1-2H3,(H,24,29)(H,25,28). The van der Waals surface area contributed by atoms with Crippen LogP contribution in [0.3, 0.4) is 0 Å². The number of nitrogens with zero attached hydrogens (tertiary/aromatic N) is 2. The Labute approximate surface area is 169 Å². The lowest BCUT2D eigenvalue weighted by Gasteiger charge is -2.51. The molecule has 3 amide bonds. The summed E-state index contributed by atoms with van der Waals surface area (Å²) in [6.45, 7) is 3.52. The zero-order valence-corrected chi connectivity index (χ0v) is 16.7. The predicted octanol–water partition coefficient (Wildman–Crippen LogP) is 3.02. The number of carbonyl (C=O) groups is 2. The summed E-state index contributed by atoms with van der Waals surface area (Å²) in [5.41, 5.74) is 2.69. The van der Waals surface area contributed by atoms with E-state index in [0.717, 1.165) is 5.56 Å². The molecule has 2 aromatic rings. The summed E-state index contributed by atoms with van der Waals surface area (Å²) in [5, 5.41) is 6.04. The van der Waals surface area contributed by atoms with Crippen LogP contribution in [0.5, 0.6) is 0 Å². The lowest BCUT2D eigenvalue weighted by molar-refractivity contribution is 0.0809. The van der Waals surface area contributed by atoms with E-state index in [2.05, 4.69) is 10.6 Å². The van der Waals surface area contributed by atoms with E-state index in [1.54, 1.807) is 4.90 Å². The van der Waals surface area contributed by atoms with Gasteiger partial charge in [-0.2, -0.15) is 0 Å². The third kappa shape index (κ3) is 3.64. The van der Waals surface area contributed by atoms with Crippen molar-refractivity contribution in [1.29, 1.82) is 0 Å². The molecule has 0 atom stereocenters. The summed E-state index contributed by atoms with van der Waals surface area (Å²) in [4.78, 5) is 28.8. The summed E-state index contributed by atoms with van der Waals surface area (Å²) >= 11 is 0. The third-order valence-electron chi connectivity index (χ3n) is 6.00. The Bertz CT molecular complexity index is 936. The number of piperidine rings is 1. The van der Waals surface area contributed by atoms with Crippen LogP contribution in [0.2, 0.25) is 0 Å². The zero-order valence-electron chi connectivity index (χ0n) is 16.7. The highest BCUT2D eigenvalue weighted by Gasteiger charge is 2.44. The van der Waals surface area contributed by atoms with Gasteiger partial charge < -0.3 is 20.4 Å². The molecule has 29 heavy (non-hydrogen) atoms. The minimum Gasteiger partial charge on any atom is -0.351 e. The van der Waals surface area contributed by atoms with E-state index < -0.39 is 5.66 Å². The maximum absolute atomic E-state index is 13.7. The second kappa shape index (κ2) is 7.39. The number of urea groups is 1. The molecule has 2 heterocycles. The topological polar surface area (TPSA) is 64.7 Å². The Morgan fingerprint density at radius 2 is 1.86 bits per heavy atom. The summed E-state index contributed by atoms with van der Waals surface area (Å²) in [6.07, 6.45) is 1.15. The molecule has 1 saturated heterocycles. The Morgan fingerprint density at radius 1 is 1.17 bits per heavy atom. The van der Waals surface area contributed by atoms with Crippen molar-refractivity contribution in [3.05, 3.63) is 65.0 Å². The largest absolute Gasteiger partial charge is 0.351 e. The minimum atomic E-state index is -0.606. The van der Waals surface area contributed by atoms with Gasteiger partial charge in [0, 0.05) is 39.5 Å². The van der Waals surface area contributed by atoms with Crippen molar-refractivity contribution in [2.45, 2.75) is 32.0 Å². The molecule has 0 bridgehead atoms. The number of anilines is 1. The molecule has 0 saturated carbocycles. The number of halogens is 1. The molecule has 0 aliphatic carbocycles. The second-order valence-corrected chi connectivity index (χ2v) is 7.84. The Balaban J connectivity index is 1.40.